The summed E-state index contributed by atoms with van der Waals surface area (Å²) < 4.78 is 0. The minimum absolute atomic E-state index is 0.331. The first kappa shape index (κ1) is 11.2. The minimum atomic E-state index is 0.331. The van der Waals surface area contributed by atoms with Gasteiger partial charge in [0.05, 0.1) is 12.1 Å². The van der Waals surface area contributed by atoms with E-state index in [1.807, 2.05) is 0 Å². The molecule has 2 nitrogen and oxygen atoms in total. The second-order valence-electron chi connectivity index (χ2n) is 3.92. The summed E-state index contributed by atoms with van der Waals surface area (Å²) in [5.74, 6) is 0. The van der Waals surface area contributed by atoms with Gasteiger partial charge in [0, 0.05) is 0 Å². The Kier molecular flexibility index (Phi) is 5.20. The molecule has 0 radical (unpaired) electrons. The van der Waals surface area contributed by atoms with Gasteiger partial charge in [-0.1, -0.05) is 24.3 Å². The second-order valence-corrected chi connectivity index (χ2v) is 3.92. The largest absolute Gasteiger partial charge is 0.191 e. The Morgan fingerprint density at radius 1 is 0.786 bits per heavy atom. The molecule has 78 valence electrons. The van der Waals surface area contributed by atoms with Crippen LogP contribution in [0.1, 0.15) is 39.5 Å². The molecule has 0 N–H and O–H groups in total. The van der Waals surface area contributed by atoms with E-state index in [2.05, 4.69) is 48.4 Å². The van der Waals surface area contributed by atoms with Crippen molar-refractivity contribution in [2.24, 2.45) is 10.2 Å². The zero-order chi connectivity index (χ0) is 10.2. The van der Waals surface area contributed by atoms with Crippen LogP contribution in [0, 0.1) is 0 Å². The fraction of sp³-hybridized carbons (Fsp3) is 0.667. The SMILES string of the molecule is CC1C/C=C/CC/C=C/CC(C)N=N1. The molecule has 0 amide bonds. The van der Waals surface area contributed by atoms with Crippen LogP contribution in [0.3, 0.4) is 0 Å². The molecule has 1 rings (SSSR count). The molecule has 0 spiro atoms. The van der Waals surface area contributed by atoms with Crippen LogP contribution < -0.4 is 0 Å². The Labute approximate surface area is 86.8 Å². The lowest BCUT2D eigenvalue weighted by molar-refractivity contribution is 0.623. The molecular weight excluding hydrogens is 172 g/mol. The summed E-state index contributed by atoms with van der Waals surface area (Å²) in [6.45, 7) is 4.23. The van der Waals surface area contributed by atoms with Crippen LogP contribution in [-0.2, 0) is 0 Å². The van der Waals surface area contributed by atoms with Crippen LogP contribution in [-0.4, -0.2) is 12.1 Å². The van der Waals surface area contributed by atoms with Gasteiger partial charge in [0.25, 0.3) is 0 Å². The van der Waals surface area contributed by atoms with Crippen LogP contribution >= 0.6 is 0 Å². The van der Waals surface area contributed by atoms with Gasteiger partial charge in [-0.25, -0.2) is 0 Å². The van der Waals surface area contributed by atoms with Gasteiger partial charge in [-0.15, -0.1) is 0 Å². The van der Waals surface area contributed by atoms with Gasteiger partial charge in [-0.05, 0) is 39.5 Å². The van der Waals surface area contributed by atoms with Gasteiger partial charge < -0.3 is 0 Å². The number of hydrogen-bond donors (Lipinski definition) is 0. The maximum Gasteiger partial charge on any atom is 0.0714 e. The van der Waals surface area contributed by atoms with Gasteiger partial charge in [0.2, 0.25) is 0 Å². The van der Waals surface area contributed by atoms with Gasteiger partial charge in [0.1, 0.15) is 0 Å². The molecule has 0 saturated carbocycles. The molecule has 1 aliphatic rings. The zero-order valence-electron chi connectivity index (χ0n) is 9.19. The molecule has 0 bridgehead atoms. The maximum atomic E-state index is 4.28. The average Bonchev–Trinajstić information content (AvgIpc) is 2.17. The molecule has 2 heteroatoms. The standard InChI is InChI=1S/C12H20N2/c1-11-9-7-5-3-4-6-8-10-12(2)14-13-11/h5-8,11-12H,3-4,9-10H2,1-2H3/b7-5+,8-6+,14-13?. The van der Waals surface area contributed by atoms with Crippen LogP contribution in [0.15, 0.2) is 34.5 Å². The van der Waals surface area contributed by atoms with Crippen molar-refractivity contribution >= 4 is 0 Å². The third-order valence-corrected chi connectivity index (χ3v) is 2.25. The predicted molar refractivity (Wildman–Crippen MR) is 60.5 cm³/mol. The molecule has 2 unspecified atom stereocenters. The first-order chi connectivity index (χ1) is 6.79. The fourth-order valence-electron chi connectivity index (χ4n) is 1.34. The van der Waals surface area contributed by atoms with Gasteiger partial charge in [-0.2, -0.15) is 10.2 Å². The average molecular weight is 192 g/mol. The van der Waals surface area contributed by atoms with E-state index in [1.54, 1.807) is 0 Å². The molecule has 1 aliphatic heterocycles. The smallest absolute Gasteiger partial charge is 0.0714 e. The van der Waals surface area contributed by atoms with Crippen molar-refractivity contribution in [3.8, 4) is 0 Å². The zero-order valence-corrected chi connectivity index (χ0v) is 9.19. The van der Waals surface area contributed by atoms with Crippen molar-refractivity contribution in [1.82, 2.24) is 0 Å². The third kappa shape index (κ3) is 4.95. The normalized spacial score (nSPS) is 34.1. The van der Waals surface area contributed by atoms with E-state index in [0.29, 0.717) is 12.1 Å². The van der Waals surface area contributed by atoms with Crippen molar-refractivity contribution in [3.05, 3.63) is 24.3 Å². The first-order valence-electron chi connectivity index (χ1n) is 5.49. The molecule has 1 heterocycles. The summed E-state index contributed by atoms with van der Waals surface area (Å²) in [5.41, 5.74) is 0. The summed E-state index contributed by atoms with van der Waals surface area (Å²) in [5, 5.41) is 8.56. The topological polar surface area (TPSA) is 24.7 Å². The molecular formula is C12H20N2. The summed E-state index contributed by atoms with van der Waals surface area (Å²) in [6.07, 6.45) is 13.2. The van der Waals surface area contributed by atoms with Crippen LogP contribution in [0.2, 0.25) is 0 Å². The lowest BCUT2D eigenvalue weighted by atomic mass is 10.1. The monoisotopic (exact) mass is 192 g/mol. The predicted octanol–water partition coefficient (Wildman–Crippen LogP) is 3.90. The number of hydrogen-bond acceptors (Lipinski definition) is 2. The summed E-state index contributed by atoms with van der Waals surface area (Å²) >= 11 is 0. The van der Waals surface area contributed by atoms with Crippen molar-refractivity contribution in [1.29, 1.82) is 0 Å². The van der Waals surface area contributed by atoms with E-state index in [4.69, 9.17) is 0 Å². The molecule has 0 aromatic carbocycles. The van der Waals surface area contributed by atoms with Crippen LogP contribution in [0.5, 0.6) is 0 Å². The van der Waals surface area contributed by atoms with Crippen molar-refractivity contribution in [3.63, 3.8) is 0 Å². The molecule has 14 heavy (non-hydrogen) atoms. The van der Waals surface area contributed by atoms with E-state index >= 15 is 0 Å². The van der Waals surface area contributed by atoms with E-state index < -0.39 is 0 Å². The molecule has 0 fully saturated rings. The maximum absolute atomic E-state index is 4.28. The second kappa shape index (κ2) is 6.52. The van der Waals surface area contributed by atoms with Crippen LogP contribution in [0.25, 0.3) is 0 Å². The first-order valence-corrected chi connectivity index (χ1v) is 5.49. The van der Waals surface area contributed by atoms with E-state index in [-0.39, 0.29) is 0 Å². The highest BCUT2D eigenvalue weighted by Gasteiger charge is 1.99. The molecule has 0 aliphatic carbocycles. The Hall–Kier alpha value is -0.920. The van der Waals surface area contributed by atoms with Crippen LogP contribution in [0.4, 0.5) is 0 Å². The minimum Gasteiger partial charge on any atom is -0.191 e. The van der Waals surface area contributed by atoms with Crippen molar-refractivity contribution in [2.75, 3.05) is 0 Å². The molecule has 0 aromatic rings. The fourth-order valence-corrected chi connectivity index (χ4v) is 1.34. The lowest BCUT2D eigenvalue weighted by Gasteiger charge is -2.04. The Bertz CT molecular complexity index is 204. The highest BCUT2D eigenvalue weighted by atomic mass is 15.1. The van der Waals surface area contributed by atoms with E-state index in [0.717, 1.165) is 25.7 Å². The highest BCUT2D eigenvalue weighted by molar-refractivity contribution is 4.91. The lowest BCUT2D eigenvalue weighted by Crippen LogP contribution is -1.99. The number of allylic oxidation sites excluding steroid dienone is 2. The van der Waals surface area contributed by atoms with Crippen molar-refractivity contribution in [2.45, 2.75) is 51.6 Å². The summed E-state index contributed by atoms with van der Waals surface area (Å²) in [7, 11) is 0. The molecule has 2 atom stereocenters. The van der Waals surface area contributed by atoms with Gasteiger partial charge >= 0.3 is 0 Å². The summed E-state index contributed by atoms with van der Waals surface area (Å²) in [4.78, 5) is 0. The number of azo groups is 1. The van der Waals surface area contributed by atoms with Gasteiger partial charge in [-0.3, -0.25) is 0 Å². The Morgan fingerprint density at radius 2 is 1.21 bits per heavy atom. The quantitative estimate of drug-likeness (QED) is 0.520. The van der Waals surface area contributed by atoms with Gasteiger partial charge in [0.15, 0.2) is 0 Å². The third-order valence-electron chi connectivity index (χ3n) is 2.25. The van der Waals surface area contributed by atoms with Crippen molar-refractivity contribution < 1.29 is 0 Å². The van der Waals surface area contributed by atoms with E-state index in [9.17, 15) is 0 Å². The Balaban J connectivity index is 2.53. The molecule has 0 saturated heterocycles. The van der Waals surface area contributed by atoms with E-state index in [1.165, 1.54) is 0 Å². The number of rotatable bonds is 0. The summed E-state index contributed by atoms with van der Waals surface area (Å²) in [6, 6.07) is 0.661. The highest BCUT2D eigenvalue weighted by Crippen LogP contribution is 2.07. The molecule has 0 aromatic heterocycles. The number of nitrogens with zero attached hydrogens (tertiary/aromatic N) is 2. The Morgan fingerprint density at radius 3 is 1.64 bits per heavy atom.